The normalized spacial score (nSPS) is 13.9. The standard InChI is InChI=1S/C26H28N6O3/c1-18-8-9-19(2)20(14-18)21-15-23-26(34)31(27-17-32(23)28-21)16-25(33)30-12-10-29(11-13-30)22-6-4-5-7-24(22)35-3/h4-9,14-15,17H,10-13,16H2,1-3H3. The number of rotatable bonds is 5. The summed E-state index contributed by atoms with van der Waals surface area (Å²) >= 11 is 0. The van der Waals surface area contributed by atoms with Gasteiger partial charge in [-0.1, -0.05) is 29.8 Å². The van der Waals surface area contributed by atoms with Crippen molar-refractivity contribution in [3.05, 3.63) is 76.3 Å². The maximum absolute atomic E-state index is 13.1. The van der Waals surface area contributed by atoms with Crippen molar-refractivity contribution in [3.63, 3.8) is 0 Å². The number of benzene rings is 2. The molecule has 0 unspecified atom stereocenters. The Morgan fingerprint density at radius 1 is 1.03 bits per heavy atom. The van der Waals surface area contributed by atoms with Crippen molar-refractivity contribution >= 4 is 17.1 Å². The van der Waals surface area contributed by atoms with E-state index >= 15 is 0 Å². The number of hydrogen-bond donors (Lipinski definition) is 0. The van der Waals surface area contributed by atoms with Crippen LogP contribution in [0, 0.1) is 13.8 Å². The van der Waals surface area contributed by atoms with Crippen molar-refractivity contribution < 1.29 is 9.53 Å². The first-order valence-corrected chi connectivity index (χ1v) is 11.6. The largest absolute Gasteiger partial charge is 0.495 e. The van der Waals surface area contributed by atoms with E-state index in [9.17, 15) is 9.59 Å². The smallest absolute Gasteiger partial charge is 0.293 e. The summed E-state index contributed by atoms with van der Waals surface area (Å²) in [5.41, 5.74) is 4.96. The van der Waals surface area contributed by atoms with Crippen molar-refractivity contribution in [1.82, 2.24) is 24.3 Å². The van der Waals surface area contributed by atoms with Gasteiger partial charge in [-0.25, -0.2) is 9.20 Å². The Morgan fingerprint density at radius 3 is 2.57 bits per heavy atom. The summed E-state index contributed by atoms with van der Waals surface area (Å²) in [6.45, 7) is 6.45. The van der Waals surface area contributed by atoms with Gasteiger partial charge in [0.15, 0.2) is 0 Å². The van der Waals surface area contributed by atoms with E-state index in [1.807, 2.05) is 50.2 Å². The van der Waals surface area contributed by atoms with Crippen LogP contribution < -0.4 is 15.2 Å². The summed E-state index contributed by atoms with van der Waals surface area (Å²) in [7, 11) is 1.66. The van der Waals surface area contributed by atoms with Gasteiger partial charge in [0, 0.05) is 31.7 Å². The molecule has 0 spiro atoms. The minimum absolute atomic E-state index is 0.103. The summed E-state index contributed by atoms with van der Waals surface area (Å²) in [6.07, 6.45) is 1.48. The number of aryl methyl sites for hydroxylation is 2. The van der Waals surface area contributed by atoms with Crippen LogP contribution >= 0.6 is 0 Å². The summed E-state index contributed by atoms with van der Waals surface area (Å²) in [4.78, 5) is 30.1. The molecule has 1 aliphatic rings. The Labute approximate surface area is 203 Å². The Kier molecular flexibility index (Phi) is 5.98. The topological polar surface area (TPSA) is 85.0 Å². The highest BCUT2D eigenvalue weighted by molar-refractivity contribution is 5.76. The summed E-state index contributed by atoms with van der Waals surface area (Å²) in [5, 5.41) is 8.74. The van der Waals surface area contributed by atoms with Crippen molar-refractivity contribution in [2.24, 2.45) is 0 Å². The molecule has 0 saturated carbocycles. The van der Waals surface area contributed by atoms with Gasteiger partial charge in [-0.05, 0) is 43.7 Å². The van der Waals surface area contributed by atoms with Gasteiger partial charge in [-0.15, -0.1) is 0 Å². The molecule has 0 atom stereocenters. The molecule has 4 aromatic rings. The molecule has 180 valence electrons. The van der Waals surface area contributed by atoms with Crippen LogP contribution in [-0.2, 0) is 11.3 Å². The van der Waals surface area contributed by atoms with E-state index in [1.54, 1.807) is 18.1 Å². The lowest BCUT2D eigenvalue weighted by molar-refractivity contribution is -0.132. The maximum atomic E-state index is 13.1. The zero-order chi connectivity index (χ0) is 24.5. The highest BCUT2D eigenvalue weighted by atomic mass is 16.5. The van der Waals surface area contributed by atoms with Crippen molar-refractivity contribution in [2.75, 3.05) is 38.2 Å². The second kappa shape index (κ2) is 9.25. The van der Waals surface area contributed by atoms with Crippen LogP contribution in [0.1, 0.15) is 11.1 Å². The van der Waals surface area contributed by atoms with Gasteiger partial charge in [0.2, 0.25) is 5.91 Å². The maximum Gasteiger partial charge on any atom is 0.293 e. The molecule has 9 nitrogen and oxygen atoms in total. The first kappa shape index (κ1) is 22.6. The van der Waals surface area contributed by atoms with E-state index in [0.29, 0.717) is 37.4 Å². The fraction of sp³-hybridized carbons (Fsp3) is 0.308. The Hall–Kier alpha value is -4.14. The molecule has 2 aromatic heterocycles. The molecule has 1 amide bonds. The average molecular weight is 473 g/mol. The molecule has 0 N–H and O–H groups in total. The first-order valence-electron chi connectivity index (χ1n) is 11.6. The molecule has 1 fully saturated rings. The highest BCUT2D eigenvalue weighted by Crippen LogP contribution is 2.28. The number of carbonyl (C=O) groups excluding carboxylic acids is 1. The van der Waals surface area contributed by atoms with E-state index in [2.05, 4.69) is 21.2 Å². The molecule has 1 saturated heterocycles. The number of methoxy groups -OCH3 is 1. The fourth-order valence-corrected chi connectivity index (χ4v) is 4.51. The number of nitrogens with zero attached hydrogens (tertiary/aromatic N) is 6. The number of para-hydroxylation sites is 2. The fourth-order valence-electron chi connectivity index (χ4n) is 4.51. The summed E-state index contributed by atoms with van der Waals surface area (Å²) < 4.78 is 8.17. The molecule has 0 aliphatic carbocycles. The van der Waals surface area contributed by atoms with Crippen LogP contribution in [0.3, 0.4) is 0 Å². The molecule has 1 aliphatic heterocycles. The quantitative estimate of drug-likeness (QED) is 0.444. The van der Waals surface area contributed by atoms with Gasteiger partial charge >= 0.3 is 0 Å². The number of piperazine rings is 1. The zero-order valence-corrected chi connectivity index (χ0v) is 20.1. The van der Waals surface area contributed by atoms with Gasteiger partial charge < -0.3 is 14.5 Å². The van der Waals surface area contributed by atoms with Crippen LogP contribution in [-0.4, -0.2) is 63.5 Å². The molecular weight excluding hydrogens is 444 g/mol. The van der Waals surface area contributed by atoms with Gasteiger partial charge in [0.25, 0.3) is 5.56 Å². The summed E-state index contributed by atoms with van der Waals surface area (Å²) in [6, 6.07) is 15.8. The molecule has 35 heavy (non-hydrogen) atoms. The van der Waals surface area contributed by atoms with Crippen LogP contribution in [0.25, 0.3) is 16.8 Å². The number of fused-ring (bicyclic) bond motifs is 1. The predicted molar refractivity (Wildman–Crippen MR) is 134 cm³/mol. The van der Waals surface area contributed by atoms with Crippen LogP contribution in [0.4, 0.5) is 5.69 Å². The number of anilines is 1. The van der Waals surface area contributed by atoms with Crippen molar-refractivity contribution in [2.45, 2.75) is 20.4 Å². The second-order valence-corrected chi connectivity index (χ2v) is 8.81. The zero-order valence-electron chi connectivity index (χ0n) is 20.1. The second-order valence-electron chi connectivity index (χ2n) is 8.81. The minimum Gasteiger partial charge on any atom is -0.495 e. The van der Waals surface area contributed by atoms with Crippen LogP contribution in [0.5, 0.6) is 5.75 Å². The molecule has 3 heterocycles. The minimum atomic E-state index is -0.336. The van der Waals surface area contributed by atoms with Crippen molar-refractivity contribution in [3.8, 4) is 17.0 Å². The number of amides is 1. The number of hydrogen-bond acceptors (Lipinski definition) is 6. The number of carbonyl (C=O) groups is 1. The molecule has 9 heteroatoms. The van der Waals surface area contributed by atoms with E-state index in [4.69, 9.17) is 4.74 Å². The van der Waals surface area contributed by atoms with Crippen LogP contribution in [0.15, 0.2) is 59.7 Å². The first-order chi connectivity index (χ1) is 16.9. The third-order valence-electron chi connectivity index (χ3n) is 6.50. The molecule has 5 rings (SSSR count). The molecule has 0 radical (unpaired) electrons. The lowest BCUT2D eigenvalue weighted by Gasteiger charge is -2.36. The van der Waals surface area contributed by atoms with E-state index < -0.39 is 0 Å². The Morgan fingerprint density at radius 2 is 1.80 bits per heavy atom. The Bertz CT molecular complexity index is 1450. The monoisotopic (exact) mass is 472 g/mol. The van der Waals surface area contributed by atoms with E-state index in [-0.39, 0.29) is 18.0 Å². The third kappa shape index (κ3) is 4.37. The van der Waals surface area contributed by atoms with E-state index in [1.165, 1.54) is 15.5 Å². The lowest BCUT2D eigenvalue weighted by Crippen LogP contribution is -2.50. The molecule has 2 aromatic carbocycles. The molecule has 0 bridgehead atoms. The number of aromatic nitrogens is 4. The van der Waals surface area contributed by atoms with Gasteiger partial charge in [0.1, 0.15) is 24.1 Å². The van der Waals surface area contributed by atoms with Crippen LogP contribution in [0.2, 0.25) is 0 Å². The average Bonchev–Trinajstić information content (AvgIpc) is 3.32. The third-order valence-corrected chi connectivity index (χ3v) is 6.50. The van der Waals surface area contributed by atoms with Gasteiger partial charge in [-0.2, -0.15) is 10.2 Å². The SMILES string of the molecule is COc1ccccc1N1CCN(C(=O)Cn2ncn3nc(-c4cc(C)ccc4C)cc3c2=O)CC1. The Balaban J connectivity index is 1.31. The van der Waals surface area contributed by atoms with Gasteiger partial charge in [0.05, 0.1) is 18.5 Å². The number of ether oxygens (including phenoxy) is 1. The molecular formula is C26H28N6O3. The van der Waals surface area contributed by atoms with Gasteiger partial charge in [-0.3, -0.25) is 9.59 Å². The highest BCUT2D eigenvalue weighted by Gasteiger charge is 2.24. The van der Waals surface area contributed by atoms with Crippen molar-refractivity contribution in [1.29, 1.82) is 0 Å². The predicted octanol–water partition coefficient (Wildman–Crippen LogP) is 2.53. The summed E-state index contributed by atoms with van der Waals surface area (Å²) in [5.74, 6) is 0.690. The van der Waals surface area contributed by atoms with E-state index in [0.717, 1.165) is 28.1 Å². The lowest BCUT2D eigenvalue weighted by atomic mass is 10.0.